The quantitative estimate of drug-likeness (QED) is 0.865. The van der Waals surface area contributed by atoms with Gasteiger partial charge in [0.25, 0.3) is 5.91 Å². The molecule has 0 radical (unpaired) electrons. The lowest BCUT2D eigenvalue weighted by molar-refractivity contribution is 0.0785. The van der Waals surface area contributed by atoms with Crippen molar-refractivity contribution < 1.29 is 4.79 Å². The van der Waals surface area contributed by atoms with Gasteiger partial charge in [-0.05, 0) is 37.8 Å². The molecule has 0 bridgehead atoms. The summed E-state index contributed by atoms with van der Waals surface area (Å²) in [4.78, 5) is 15.5. The second-order valence-corrected chi connectivity index (χ2v) is 5.86. The Bertz CT molecular complexity index is 612. The summed E-state index contributed by atoms with van der Waals surface area (Å²) in [7, 11) is 3.70. The number of thiophene rings is 1. The maximum Gasteiger partial charge on any atom is 0.257 e. The van der Waals surface area contributed by atoms with Crippen molar-refractivity contribution in [2.24, 2.45) is 7.05 Å². The Morgan fingerprint density at radius 3 is 2.58 bits per heavy atom. The highest BCUT2D eigenvalue weighted by Crippen LogP contribution is 2.20. The van der Waals surface area contributed by atoms with Gasteiger partial charge < -0.3 is 4.90 Å². The molecule has 19 heavy (non-hydrogen) atoms. The number of carbonyl (C=O) groups excluding carboxylic acids is 1. The summed E-state index contributed by atoms with van der Waals surface area (Å²) in [5, 5.41) is 6.36. The molecule has 0 saturated carbocycles. The molecular formula is C14H19N3OS. The van der Waals surface area contributed by atoms with Gasteiger partial charge in [-0.25, -0.2) is 0 Å². The Labute approximate surface area is 117 Å². The number of rotatable bonds is 3. The lowest BCUT2D eigenvalue weighted by Crippen LogP contribution is -2.27. The largest absolute Gasteiger partial charge is 0.336 e. The van der Waals surface area contributed by atoms with E-state index in [1.54, 1.807) is 20.9 Å². The molecule has 102 valence electrons. The zero-order chi connectivity index (χ0) is 14.2. The lowest BCUT2D eigenvalue weighted by atomic mass is 10.1. The summed E-state index contributed by atoms with van der Waals surface area (Å²) in [5.74, 6) is 0.0379. The fourth-order valence-electron chi connectivity index (χ4n) is 2.13. The summed E-state index contributed by atoms with van der Waals surface area (Å²) >= 11 is 1.69. The van der Waals surface area contributed by atoms with Crippen molar-refractivity contribution in [2.45, 2.75) is 27.3 Å². The summed E-state index contributed by atoms with van der Waals surface area (Å²) in [6, 6.07) is 2.08. The molecule has 0 aliphatic carbocycles. The molecule has 0 atom stereocenters. The predicted octanol–water partition coefficient (Wildman–Crippen LogP) is 2.68. The van der Waals surface area contributed by atoms with Gasteiger partial charge in [-0.1, -0.05) is 0 Å². The Hall–Kier alpha value is -1.62. The van der Waals surface area contributed by atoms with Gasteiger partial charge in [-0.3, -0.25) is 9.48 Å². The molecule has 2 aromatic heterocycles. The average Bonchev–Trinajstić information content (AvgIpc) is 2.84. The third-order valence-corrected chi connectivity index (χ3v) is 4.43. The molecule has 0 aliphatic rings. The van der Waals surface area contributed by atoms with Crippen LogP contribution in [0.3, 0.4) is 0 Å². The first kappa shape index (κ1) is 13.8. The van der Waals surface area contributed by atoms with Gasteiger partial charge in [0.1, 0.15) is 0 Å². The van der Waals surface area contributed by atoms with Gasteiger partial charge in [0.15, 0.2) is 0 Å². The van der Waals surface area contributed by atoms with Crippen LogP contribution in [0.2, 0.25) is 0 Å². The molecule has 2 rings (SSSR count). The highest BCUT2D eigenvalue weighted by molar-refractivity contribution is 7.10. The molecule has 2 heterocycles. The Balaban J connectivity index is 2.22. The number of nitrogens with zero attached hydrogens (tertiary/aromatic N) is 3. The molecule has 0 aliphatic heterocycles. The number of aryl methyl sites for hydroxylation is 3. The zero-order valence-electron chi connectivity index (χ0n) is 12.0. The van der Waals surface area contributed by atoms with Gasteiger partial charge in [-0.2, -0.15) is 5.10 Å². The van der Waals surface area contributed by atoms with E-state index in [0.717, 1.165) is 17.0 Å². The van der Waals surface area contributed by atoms with Crippen LogP contribution >= 0.6 is 11.3 Å². The van der Waals surface area contributed by atoms with Crippen LogP contribution in [0.4, 0.5) is 0 Å². The van der Waals surface area contributed by atoms with Crippen LogP contribution in [0.15, 0.2) is 11.4 Å². The van der Waals surface area contributed by atoms with Crippen molar-refractivity contribution in [2.75, 3.05) is 7.05 Å². The molecule has 0 aromatic carbocycles. The van der Waals surface area contributed by atoms with Crippen LogP contribution in [-0.2, 0) is 13.6 Å². The Kier molecular flexibility index (Phi) is 3.75. The molecule has 0 spiro atoms. The van der Waals surface area contributed by atoms with Gasteiger partial charge in [0.2, 0.25) is 0 Å². The first-order chi connectivity index (χ1) is 8.91. The molecule has 2 aromatic rings. The van der Waals surface area contributed by atoms with Crippen molar-refractivity contribution in [3.8, 4) is 0 Å². The second kappa shape index (κ2) is 5.17. The number of amides is 1. The lowest BCUT2D eigenvalue weighted by Gasteiger charge is -2.17. The number of hydrogen-bond acceptors (Lipinski definition) is 3. The second-order valence-electron chi connectivity index (χ2n) is 4.86. The molecule has 4 nitrogen and oxygen atoms in total. The number of carbonyl (C=O) groups is 1. The molecule has 0 saturated heterocycles. The Morgan fingerprint density at radius 1 is 1.42 bits per heavy atom. The minimum absolute atomic E-state index is 0.0379. The van der Waals surface area contributed by atoms with Crippen molar-refractivity contribution in [3.05, 3.63) is 38.8 Å². The molecule has 1 amide bonds. The van der Waals surface area contributed by atoms with Crippen molar-refractivity contribution in [3.63, 3.8) is 0 Å². The van der Waals surface area contributed by atoms with Crippen LogP contribution in [-0.4, -0.2) is 27.6 Å². The SMILES string of the molecule is Cc1ccsc1CN(C)C(=O)c1c(C)nn(C)c1C. The smallest absolute Gasteiger partial charge is 0.257 e. The monoisotopic (exact) mass is 277 g/mol. The molecule has 0 unspecified atom stereocenters. The number of aromatic nitrogens is 2. The topological polar surface area (TPSA) is 38.1 Å². The minimum Gasteiger partial charge on any atom is -0.336 e. The summed E-state index contributed by atoms with van der Waals surface area (Å²) < 4.78 is 1.76. The molecule has 0 N–H and O–H groups in total. The normalized spacial score (nSPS) is 10.8. The van der Waals surface area contributed by atoms with Crippen LogP contribution < -0.4 is 0 Å². The predicted molar refractivity (Wildman–Crippen MR) is 77.5 cm³/mol. The first-order valence-electron chi connectivity index (χ1n) is 6.20. The highest BCUT2D eigenvalue weighted by atomic mass is 32.1. The van der Waals surface area contributed by atoms with E-state index in [1.807, 2.05) is 27.9 Å². The fourth-order valence-corrected chi connectivity index (χ4v) is 3.09. The van der Waals surface area contributed by atoms with Crippen LogP contribution in [0.25, 0.3) is 0 Å². The Morgan fingerprint density at radius 2 is 2.11 bits per heavy atom. The summed E-state index contributed by atoms with van der Waals surface area (Å²) in [6.45, 7) is 6.53. The van der Waals surface area contributed by atoms with E-state index >= 15 is 0 Å². The first-order valence-corrected chi connectivity index (χ1v) is 7.08. The van der Waals surface area contributed by atoms with Crippen molar-refractivity contribution in [1.82, 2.24) is 14.7 Å². The molecular weight excluding hydrogens is 258 g/mol. The van der Waals surface area contributed by atoms with E-state index in [2.05, 4.69) is 23.5 Å². The average molecular weight is 277 g/mol. The maximum atomic E-state index is 12.5. The number of hydrogen-bond donors (Lipinski definition) is 0. The standard InChI is InChI=1S/C14H19N3OS/c1-9-6-7-19-12(9)8-16(4)14(18)13-10(2)15-17(5)11(13)3/h6-7H,8H2,1-5H3. The molecule has 5 heteroatoms. The van der Waals surface area contributed by atoms with Gasteiger partial charge >= 0.3 is 0 Å². The van der Waals surface area contributed by atoms with E-state index in [1.165, 1.54) is 10.4 Å². The van der Waals surface area contributed by atoms with E-state index in [0.29, 0.717) is 6.54 Å². The molecule has 0 fully saturated rings. The van der Waals surface area contributed by atoms with Crippen LogP contribution in [0, 0.1) is 20.8 Å². The third-order valence-electron chi connectivity index (χ3n) is 3.42. The van der Waals surface area contributed by atoms with E-state index < -0.39 is 0 Å². The third kappa shape index (κ3) is 2.56. The van der Waals surface area contributed by atoms with Crippen molar-refractivity contribution in [1.29, 1.82) is 0 Å². The van der Waals surface area contributed by atoms with Crippen LogP contribution in [0.5, 0.6) is 0 Å². The summed E-state index contributed by atoms with van der Waals surface area (Å²) in [6.07, 6.45) is 0. The zero-order valence-corrected chi connectivity index (χ0v) is 12.8. The van der Waals surface area contributed by atoms with E-state index in [4.69, 9.17) is 0 Å². The van der Waals surface area contributed by atoms with E-state index in [9.17, 15) is 4.79 Å². The fraction of sp³-hybridized carbons (Fsp3) is 0.429. The van der Waals surface area contributed by atoms with Gasteiger partial charge in [0.05, 0.1) is 17.8 Å². The maximum absolute atomic E-state index is 12.5. The van der Waals surface area contributed by atoms with Crippen LogP contribution in [0.1, 0.15) is 32.2 Å². The van der Waals surface area contributed by atoms with Gasteiger partial charge in [0, 0.05) is 24.7 Å². The van der Waals surface area contributed by atoms with Crippen molar-refractivity contribution >= 4 is 17.2 Å². The van der Waals surface area contributed by atoms with E-state index in [-0.39, 0.29) is 5.91 Å². The highest BCUT2D eigenvalue weighted by Gasteiger charge is 2.21. The van der Waals surface area contributed by atoms with Gasteiger partial charge in [-0.15, -0.1) is 11.3 Å². The minimum atomic E-state index is 0.0379. The summed E-state index contributed by atoms with van der Waals surface area (Å²) in [5.41, 5.74) is 3.67.